The number of aliphatic hydroxyl groups excluding tert-OH is 1. The predicted octanol–water partition coefficient (Wildman–Crippen LogP) is -2.03. The molecule has 11 heavy (non-hydrogen) atoms. The molecule has 0 rings (SSSR count). The van der Waals surface area contributed by atoms with Gasteiger partial charge in [-0.3, -0.25) is 5.17 Å². The smallest absolute Gasteiger partial charge is 0.196 e. The molecule has 0 saturated carbocycles. The number of rotatable bonds is 3. The Kier molecular flexibility index (Phi) is 12.7. The Morgan fingerprint density at radius 2 is 1.73 bits per heavy atom. The molecule has 1 atom stereocenters. The highest BCUT2D eigenvalue weighted by Crippen LogP contribution is 1.84. The topological polar surface area (TPSA) is 96.8 Å². The van der Waals surface area contributed by atoms with Crippen molar-refractivity contribution in [2.75, 3.05) is 18.2 Å². The SMILES string of the molecule is CC[S+]([O-])CC.N[NH+]([O-])CO. The molecular formula is C5H16N2O3S. The average molecular weight is 184 g/mol. The monoisotopic (exact) mass is 184 g/mol. The van der Waals surface area contributed by atoms with Gasteiger partial charge in [-0.15, -0.1) is 0 Å². The van der Waals surface area contributed by atoms with Crippen LogP contribution in [0.15, 0.2) is 0 Å². The summed E-state index contributed by atoms with van der Waals surface area (Å²) in [6.07, 6.45) is 0. The minimum absolute atomic E-state index is 0.534. The fraction of sp³-hybridized carbons (Fsp3) is 1.00. The number of quaternary nitrogens is 1. The first-order chi connectivity index (χ1) is 5.08. The van der Waals surface area contributed by atoms with Crippen LogP contribution >= 0.6 is 0 Å². The van der Waals surface area contributed by atoms with E-state index in [1.165, 1.54) is 0 Å². The molecule has 0 spiro atoms. The van der Waals surface area contributed by atoms with Crippen LogP contribution in [0.2, 0.25) is 0 Å². The van der Waals surface area contributed by atoms with Gasteiger partial charge in [-0.2, -0.15) is 5.84 Å². The molecule has 70 valence electrons. The highest BCUT2D eigenvalue weighted by Gasteiger charge is 1.91. The lowest BCUT2D eigenvalue weighted by molar-refractivity contribution is -0.881. The van der Waals surface area contributed by atoms with Gasteiger partial charge in [-0.1, -0.05) is 11.2 Å². The molecule has 0 amide bonds. The third kappa shape index (κ3) is 17.8. The van der Waals surface area contributed by atoms with Crippen LogP contribution in [0.1, 0.15) is 13.8 Å². The van der Waals surface area contributed by atoms with Gasteiger partial charge in [0.05, 0.1) is 0 Å². The Morgan fingerprint density at radius 3 is 1.73 bits per heavy atom. The second kappa shape index (κ2) is 10.2. The second-order valence-corrected chi connectivity index (χ2v) is 3.68. The van der Waals surface area contributed by atoms with Gasteiger partial charge in [0, 0.05) is 0 Å². The van der Waals surface area contributed by atoms with Gasteiger partial charge in [0.1, 0.15) is 11.5 Å². The Balaban J connectivity index is 0. The number of hydrogen-bond acceptors (Lipinski definition) is 4. The molecule has 0 aromatic carbocycles. The van der Waals surface area contributed by atoms with E-state index in [9.17, 15) is 9.76 Å². The average Bonchev–Trinajstić information content (AvgIpc) is 2.04. The molecule has 0 aliphatic carbocycles. The number of nitrogens with two attached hydrogens (primary N) is 1. The largest absolute Gasteiger partial charge is 0.616 e. The summed E-state index contributed by atoms with van der Waals surface area (Å²) in [5.41, 5.74) is 0. The lowest BCUT2D eigenvalue weighted by Crippen LogP contribution is -3.13. The van der Waals surface area contributed by atoms with Gasteiger partial charge >= 0.3 is 0 Å². The first kappa shape index (κ1) is 13.7. The van der Waals surface area contributed by atoms with Crippen molar-refractivity contribution in [2.24, 2.45) is 5.84 Å². The maximum atomic E-state index is 10.3. The van der Waals surface area contributed by atoms with E-state index in [-0.39, 0.29) is 0 Å². The van der Waals surface area contributed by atoms with Crippen LogP contribution in [0.4, 0.5) is 0 Å². The van der Waals surface area contributed by atoms with Gasteiger partial charge in [0.15, 0.2) is 6.73 Å². The van der Waals surface area contributed by atoms with Crippen LogP contribution in [0.25, 0.3) is 0 Å². The zero-order valence-corrected chi connectivity index (χ0v) is 7.69. The predicted molar refractivity (Wildman–Crippen MR) is 44.8 cm³/mol. The van der Waals surface area contributed by atoms with Crippen molar-refractivity contribution < 1.29 is 14.8 Å². The van der Waals surface area contributed by atoms with Crippen molar-refractivity contribution in [3.8, 4) is 0 Å². The fourth-order valence-electron chi connectivity index (χ4n) is 0.204. The molecule has 0 aliphatic rings. The number of hydroxylamine groups is 1. The van der Waals surface area contributed by atoms with Gasteiger partial charge in [0.25, 0.3) is 0 Å². The van der Waals surface area contributed by atoms with E-state index in [2.05, 4.69) is 5.84 Å². The normalized spacial score (nSPS) is 12.3. The fourth-order valence-corrected chi connectivity index (χ4v) is 0.612. The standard InChI is InChI=1S/C4H10OS.CH6N2O2/c1-3-6(5)4-2;2-3(5)1-4/h3-4H2,1-2H3;3-4H,1-2H2. The molecule has 6 heteroatoms. The van der Waals surface area contributed by atoms with Crippen LogP contribution in [0.5, 0.6) is 0 Å². The van der Waals surface area contributed by atoms with E-state index >= 15 is 0 Å². The van der Waals surface area contributed by atoms with Crippen molar-refractivity contribution in [3.05, 3.63) is 5.21 Å². The van der Waals surface area contributed by atoms with E-state index < -0.39 is 23.1 Å². The summed E-state index contributed by atoms with van der Waals surface area (Å²) in [6, 6.07) is 0. The highest BCUT2D eigenvalue weighted by molar-refractivity contribution is 7.91. The quantitative estimate of drug-likeness (QED) is 0.204. The third-order valence-corrected chi connectivity index (χ3v) is 2.09. The lowest BCUT2D eigenvalue weighted by Gasteiger charge is -2.07. The van der Waals surface area contributed by atoms with Gasteiger partial charge in [-0.25, -0.2) is 0 Å². The maximum absolute atomic E-state index is 10.3. The minimum Gasteiger partial charge on any atom is -0.616 e. The molecule has 4 N–H and O–H groups in total. The summed E-state index contributed by atoms with van der Waals surface area (Å²) in [5, 5.41) is 16.3. The van der Waals surface area contributed by atoms with E-state index in [0.29, 0.717) is 0 Å². The Bertz CT molecular complexity index is 70.7. The van der Waals surface area contributed by atoms with Crippen LogP contribution in [0, 0.1) is 5.21 Å². The van der Waals surface area contributed by atoms with Crippen LogP contribution < -0.4 is 11.0 Å². The molecule has 0 fully saturated rings. The summed E-state index contributed by atoms with van der Waals surface area (Å²) >= 11 is -0.534. The van der Waals surface area contributed by atoms with Gasteiger partial charge in [-0.05, 0) is 13.8 Å². The summed E-state index contributed by atoms with van der Waals surface area (Å²) < 4.78 is 10.3. The molecule has 0 heterocycles. The van der Waals surface area contributed by atoms with Crippen molar-refractivity contribution in [2.45, 2.75) is 13.8 Å². The number of nitrogens with one attached hydrogen (secondary N) is 1. The molecule has 0 radical (unpaired) electrons. The van der Waals surface area contributed by atoms with Crippen molar-refractivity contribution in [1.82, 2.24) is 0 Å². The first-order valence-corrected chi connectivity index (χ1v) is 4.81. The van der Waals surface area contributed by atoms with Crippen LogP contribution in [0.3, 0.4) is 0 Å². The lowest BCUT2D eigenvalue weighted by atomic mass is 11.0. The molecule has 1 unspecified atom stereocenters. The summed E-state index contributed by atoms with van der Waals surface area (Å²) in [7, 11) is 0. The molecule has 0 aromatic rings. The number of aliphatic hydroxyl groups is 1. The molecule has 5 nitrogen and oxygen atoms in total. The molecule has 0 bridgehead atoms. The van der Waals surface area contributed by atoms with Crippen LogP contribution in [-0.4, -0.2) is 27.9 Å². The Hall–Kier alpha value is 0.150. The minimum atomic E-state index is -0.690. The zero-order valence-electron chi connectivity index (χ0n) is 6.87. The van der Waals surface area contributed by atoms with E-state index in [4.69, 9.17) is 5.11 Å². The van der Waals surface area contributed by atoms with Crippen molar-refractivity contribution in [1.29, 1.82) is 0 Å². The highest BCUT2D eigenvalue weighted by atomic mass is 32.2. The molecule has 0 aromatic heterocycles. The zero-order chi connectivity index (χ0) is 9.28. The van der Waals surface area contributed by atoms with E-state index in [1.807, 2.05) is 13.8 Å². The van der Waals surface area contributed by atoms with Crippen molar-refractivity contribution >= 4 is 11.2 Å². The Morgan fingerprint density at radius 1 is 1.45 bits per heavy atom. The van der Waals surface area contributed by atoms with Gasteiger partial charge < -0.3 is 14.9 Å². The van der Waals surface area contributed by atoms with E-state index in [1.54, 1.807) is 0 Å². The van der Waals surface area contributed by atoms with Crippen molar-refractivity contribution in [3.63, 3.8) is 0 Å². The third-order valence-electron chi connectivity index (χ3n) is 0.800. The summed E-state index contributed by atoms with van der Waals surface area (Å²) in [6.45, 7) is 3.30. The summed E-state index contributed by atoms with van der Waals surface area (Å²) in [4.78, 5) is 0. The van der Waals surface area contributed by atoms with Crippen LogP contribution in [-0.2, 0) is 11.2 Å². The summed E-state index contributed by atoms with van der Waals surface area (Å²) in [5.74, 6) is 6.01. The first-order valence-electron chi connectivity index (χ1n) is 3.32. The second-order valence-electron chi connectivity index (χ2n) is 1.64. The van der Waals surface area contributed by atoms with Gasteiger partial charge in [0.2, 0.25) is 0 Å². The molecule has 0 saturated heterocycles. The molecular weight excluding hydrogens is 168 g/mol. The molecule has 0 aliphatic heterocycles. The number of hydrogen-bond donors (Lipinski definition) is 3. The maximum Gasteiger partial charge on any atom is 0.196 e. The Labute approximate surface area is 69.9 Å². The van der Waals surface area contributed by atoms with E-state index in [0.717, 1.165) is 11.5 Å².